The molecule has 1 aromatic heterocycles. The van der Waals surface area contributed by atoms with Crippen LogP contribution in [0.3, 0.4) is 0 Å². The number of aromatic nitrogens is 1. The first-order valence-electron chi connectivity index (χ1n) is 6.88. The molecule has 3 rings (SSSR count). The molecule has 2 fully saturated rings. The van der Waals surface area contributed by atoms with E-state index in [1.54, 1.807) is 6.07 Å². The Morgan fingerprint density at radius 2 is 1.90 bits per heavy atom. The number of hydrogen-bond donors (Lipinski definition) is 1. The fourth-order valence-electron chi connectivity index (χ4n) is 2.51. The second-order valence-electron chi connectivity index (χ2n) is 5.29. The quantitative estimate of drug-likeness (QED) is 0.884. The zero-order chi connectivity index (χ0) is 14.1. The van der Waals surface area contributed by atoms with Gasteiger partial charge in [-0.2, -0.15) is 0 Å². The number of carbonyl (C=O) groups excluding carboxylic acids is 1. The van der Waals surface area contributed by atoms with E-state index in [0.29, 0.717) is 13.1 Å². The Labute approximate surface area is 117 Å². The highest BCUT2D eigenvalue weighted by molar-refractivity contribution is 5.86. The van der Waals surface area contributed by atoms with Crippen LogP contribution in [0.5, 0.6) is 0 Å². The Balaban J connectivity index is 1.64. The third kappa shape index (κ3) is 2.59. The van der Waals surface area contributed by atoms with Gasteiger partial charge in [-0.3, -0.25) is 4.79 Å². The number of carbonyl (C=O) groups is 2. The molecule has 2 heterocycles. The number of rotatable bonds is 3. The van der Waals surface area contributed by atoms with Crippen LogP contribution < -0.4 is 4.90 Å². The molecule has 106 valence electrons. The average molecular weight is 275 g/mol. The minimum atomic E-state index is -1.02. The fourth-order valence-corrected chi connectivity index (χ4v) is 2.51. The average Bonchev–Trinajstić information content (AvgIpc) is 3.31. The van der Waals surface area contributed by atoms with Gasteiger partial charge in [0.1, 0.15) is 5.69 Å². The van der Waals surface area contributed by atoms with Crippen molar-refractivity contribution < 1.29 is 14.7 Å². The molecule has 1 aromatic rings. The van der Waals surface area contributed by atoms with Gasteiger partial charge in [-0.25, -0.2) is 9.78 Å². The number of amides is 1. The van der Waals surface area contributed by atoms with E-state index in [0.717, 1.165) is 31.6 Å². The Bertz CT molecular complexity index is 534. The molecule has 0 spiro atoms. The van der Waals surface area contributed by atoms with Crippen LogP contribution in [0.15, 0.2) is 18.3 Å². The Kier molecular flexibility index (Phi) is 3.30. The molecule has 0 aromatic carbocycles. The first-order chi connectivity index (χ1) is 9.65. The molecule has 1 amide bonds. The van der Waals surface area contributed by atoms with Crippen molar-refractivity contribution in [2.24, 2.45) is 5.92 Å². The van der Waals surface area contributed by atoms with Crippen LogP contribution in [0.1, 0.15) is 23.3 Å². The van der Waals surface area contributed by atoms with Crippen molar-refractivity contribution in [3.8, 4) is 0 Å². The van der Waals surface area contributed by atoms with Crippen LogP contribution in [0.25, 0.3) is 0 Å². The van der Waals surface area contributed by atoms with Crippen molar-refractivity contribution in [3.63, 3.8) is 0 Å². The van der Waals surface area contributed by atoms with Gasteiger partial charge in [0.25, 0.3) is 0 Å². The Morgan fingerprint density at radius 3 is 2.50 bits per heavy atom. The summed E-state index contributed by atoms with van der Waals surface area (Å²) < 4.78 is 0. The van der Waals surface area contributed by atoms with Crippen LogP contribution in [0, 0.1) is 5.92 Å². The maximum Gasteiger partial charge on any atom is 0.354 e. The molecular weight excluding hydrogens is 258 g/mol. The van der Waals surface area contributed by atoms with Crippen molar-refractivity contribution in [1.82, 2.24) is 9.88 Å². The summed E-state index contributed by atoms with van der Waals surface area (Å²) in [5.41, 5.74) is 0.912. The van der Waals surface area contributed by atoms with Gasteiger partial charge >= 0.3 is 5.97 Å². The van der Waals surface area contributed by atoms with Gasteiger partial charge in [0.2, 0.25) is 5.91 Å². The first-order valence-corrected chi connectivity index (χ1v) is 6.88. The number of carboxylic acids is 1. The Hall–Kier alpha value is -2.11. The monoisotopic (exact) mass is 275 g/mol. The lowest BCUT2D eigenvalue weighted by Crippen LogP contribution is -2.49. The molecule has 1 aliphatic heterocycles. The van der Waals surface area contributed by atoms with Gasteiger partial charge in [-0.1, -0.05) is 0 Å². The number of carboxylic acid groups (broad SMARTS) is 1. The molecule has 6 heteroatoms. The van der Waals surface area contributed by atoms with Crippen molar-refractivity contribution in [1.29, 1.82) is 0 Å². The minimum absolute atomic E-state index is 0.0546. The van der Waals surface area contributed by atoms with Crippen LogP contribution in [-0.2, 0) is 4.79 Å². The van der Waals surface area contributed by atoms with Crippen molar-refractivity contribution >= 4 is 17.6 Å². The van der Waals surface area contributed by atoms with Gasteiger partial charge in [0.05, 0.1) is 0 Å². The van der Waals surface area contributed by atoms with Gasteiger partial charge in [-0.05, 0) is 25.0 Å². The molecule has 0 radical (unpaired) electrons. The molecule has 2 aliphatic rings. The summed E-state index contributed by atoms with van der Waals surface area (Å²) in [6.07, 6.45) is 3.58. The summed E-state index contributed by atoms with van der Waals surface area (Å²) in [7, 11) is 0. The van der Waals surface area contributed by atoms with E-state index >= 15 is 0 Å². The summed E-state index contributed by atoms with van der Waals surface area (Å²) in [6, 6.07) is 3.39. The van der Waals surface area contributed by atoms with E-state index in [1.807, 2.05) is 11.0 Å². The third-order valence-electron chi connectivity index (χ3n) is 3.85. The summed E-state index contributed by atoms with van der Waals surface area (Å²) in [6.45, 7) is 2.89. The van der Waals surface area contributed by atoms with Crippen molar-refractivity contribution in [2.75, 3.05) is 31.1 Å². The molecule has 6 nitrogen and oxygen atoms in total. The topological polar surface area (TPSA) is 73.7 Å². The summed E-state index contributed by atoms with van der Waals surface area (Å²) in [4.78, 5) is 30.7. The second kappa shape index (κ2) is 5.11. The van der Waals surface area contributed by atoms with Crippen LogP contribution >= 0.6 is 0 Å². The van der Waals surface area contributed by atoms with Gasteiger partial charge in [-0.15, -0.1) is 0 Å². The van der Waals surface area contributed by atoms with Crippen LogP contribution in [-0.4, -0.2) is 53.0 Å². The number of pyridine rings is 1. The largest absolute Gasteiger partial charge is 0.477 e. The second-order valence-corrected chi connectivity index (χ2v) is 5.29. The Morgan fingerprint density at radius 1 is 1.20 bits per heavy atom. The van der Waals surface area contributed by atoms with E-state index < -0.39 is 5.97 Å². The number of hydrogen-bond acceptors (Lipinski definition) is 4. The third-order valence-corrected chi connectivity index (χ3v) is 3.85. The predicted octanol–water partition coefficient (Wildman–Crippen LogP) is 0.838. The summed E-state index contributed by atoms with van der Waals surface area (Å²) >= 11 is 0. The van der Waals surface area contributed by atoms with Crippen LogP contribution in [0.4, 0.5) is 5.69 Å². The van der Waals surface area contributed by atoms with E-state index in [9.17, 15) is 9.59 Å². The molecule has 1 saturated heterocycles. The van der Waals surface area contributed by atoms with Crippen LogP contribution in [0.2, 0.25) is 0 Å². The number of anilines is 1. The smallest absolute Gasteiger partial charge is 0.354 e. The SMILES string of the molecule is O=C(O)c1cc(N2CCN(C(=O)C3CC3)CC2)ccn1. The lowest BCUT2D eigenvalue weighted by atomic mass is 10.2. The van der Waals surface area contributed by atoms with E-state index in [2.05, 4.69) is 9.88 Å². The zero-order valence-corrected chi connectivity index (χ0v) is 11.2. The normalized spacial score (nSPS) is 19.0. The molecule has 0 atom stereocenters. The van der Waals surface area contributed by atoms with Crippen molar-refractivity contribution in [3.05, 3.63) is 24.0 Å². The maximum atomic E-state index is 12.0. The van der Waals surface area contributed by atoms with Crippen molar-refractivity contribution in [2.45, 2.75) is 12.8 Å². The minimum Gasteiger partial charge on any atom is -0.477 e. The molecule has 1 saturated carbocycles. The predicted molar refractivity (Wildman–Crippen MR) is 72.7 cm³/mol. The highest BCUT2D eigenvalue weighted by Crippen LogP contribution is 2.31. The molecule has 1 N–H and O–H groups in total. The lowest BCUT2D eigenvalue weighted by Gasteiger charge is -2.36. The highest BCUT2D eigenvalue weighted by Gasteiger charge is 2.34. The molecule has 1 aliphatic carbocycles. The fraction of sp³-hybridized carbons (Fsp3) is 0.500. The number of aromatic carboxylic acids is 1. The zero-order valence-electron chi connectivity index (χ0n) is 11.2. The number of piperazine rings is 1. The highest BCUT2D eigenvalue weighted by atomic mass is 16.4. The standard InChI is InChI=1S/C14H17N3O3/c18-13(10-1-2-10)17-7-5-16(6-8-17)11-3-4-15-12(9-11)14(19)20/h3-4,9-10H,1-2,5-8H2,(H,19,20). The first kappa shape index (κ1) is 12.9. The molecule has 0 unspecified atom stereocenters. The molecular formula is C14H17N3O3. The van der Waals surface area contributed by atoms with E-state index in [-0.39, 0.29) is 17.5 Å². The molecule has 20 heavy (non-hydrogen) atoms. The molecule has 0 bridgehead atoms. The summed E-state index contributed by atoms with van der Waals surface area (Å²) in [5.74, 6) is -0.471. The van der Waals surface area contributed by atoms with E-state index in [4.69, 9.17) is 5.11 Å². The van der Waals surface area contributed by atoms with E-state index in [1.165, 1.54) is 6.20 Å². The summed E-state index contributed by atoms with van der Waals surface area (Å²) in [5, 5.41) is 8.96. The number of nitrogens with zero attached hydrogens (tertiary/aromatic N) is 3. The van der Waals surface area contributed by atoms with Gasteiger partial charge in [0, 0.05) is 44.0 Å². The van der Waals surface area contributed by atoms with Gasteiger partial charge in [0.15, 0.2) is 0 Å². The lowest BCUT2D eigenvalue weighted by molar-refractivity contribution is -0.132. The van der Waals surface area contributed by atoms with Gasteiger partial charge < -0.3 is 14.9 Å². The maximum absolute atomic E-state index is 12.0.